The number of carbonyl (C=O) groups is 1. The zero-order valence-electron chi connectivity index (χ0n) is 10.7. The number of aromatic nitrogens is 1. The van der Waals surface area contributed by atoms with Crippen LogP contribution in [0.15, 0.2) is 29.6 Å². The molecule has 3 rings (SSSR count). The molecule has 2 aromatic rings. The molecule has 2 heterocycles. The number of thiazole rings is 1. The smallest absolute Gasteiger partial charge is 0.212 e. The van der Waals surface area contributed by atoms with E-state index in [1.165, 1.54) is 17.4 Å². The van der Waals surface area contributed by atoms with Crippen molar-refractivity contribution in [2.45, 2.75) is 18.9 Å². The summed E-state index contributed by atoms with van der Waals surface area (Å²) >= 11 is 1.52. The number of aromatic hydroxyl groups is 1. The molecule has 106 valence electrons. The third kappa shape index (κ3) is 3.00. The Morgan fingerprint density at radius 3 is 3.00 bits per heavy atom. The van der Waals surface area contributed by atoms with Gasteiger partial charge in [-0.25, -0.2) is 4.98 Å². The molecule has 0 aliphatic carbocycles. The van der Waals surface area contributed by atoms with Gasteiger partial charge in [0.1, 0.15) is 16.5 Å². The van der Waals surface area contributed by atoms with E-state index in [2.05, 4.69) is 10.3 Å². The maximum atomic E-state index is 12.2. The van der Waals surface area contributed by atoms with Gasteiger partial charge >= 0.3 is 0 Å². The molecule has 1 aliphatic rings. The average Bonchev–Trinajstić information content (AvgIpc) is 3.08. The normalized spacial score (nSPS) is 17.7. The Morgan fingerprint density at radius 2 is 2.30 bits per heavy atom. The van der Waals surface area contributed by atoms with E-state index in [1.807, 2.05) is 0 Å². The predicted octanol–water partition coefficient (Wildman–Crippen LogP) is 2.93. The van der Waals surface area contributed by atoms with E-state index in [1.54, 1.807) is 23.6 Å². The van der Waals surface area contributed by atoms with Crippen LogP contribution in [0.4, 0.5) is 0 Å². The van der Waals surface area contributed by atoms with Crippen LogP contribution in [0.25, 0.3) is 0 Å². The molecule has 20 heavy (non-hydrogen) atoms. The van der Waals surface area contributed by atoms with E-state index >= 15 is 0 Å². The SMILES string of the molecule is Cl.O=C(c1cccc(O)c1)c1csc([C@@H]2CCCN2)n1. The molecule has 0 radical (unpaired) electrons. The molecule has 0 amide bonds. The van der Waals surface area contributed by atoms with Gasteiger partial charge in [0.25, 0.3) is 0 Å². The van der Waals surface area contributed by atoms with Crippen LogP contribution in [0.5, 0.6) is 5.75 Å². The van der Waals surface area contributed by atoms with Crippen LogP contribution >= 0.6 is 23.7 Å². The van der Waals surface area contributed by atoms with Crippen molar-refractivity contribution in [1.29, 1.82) is 0 Å². The number of halogens is 1. The lowest BCUT2D eigenvalue weighted by molar-refractivity contribution is 0.103. The summed E-state index contributed by atoms with van der Waals surface area (Å²) in [5.41, 5.74) is 0.926. The third-order valence-electron chi connectivity index (χ3n) is 3.22. The maximum Gasteiger partial charge on any atom is 0.212 e. The Hall–Kier alpha value is -1.43. The topological polar surface area (TPSA) is 62.2 Å². The highest BCUT2D eigenvalue weighted by molar-refractivity contribution is 7.10. The third-order valence-corrected chi connectivity index (χ3v) is 4.18. The van der Waals surface area contributed by atoms with Gasteiger partial charge in [-0.3, -0.25) is 4.79 Å². The molecule has 2 N–H and O–H groups in total. The van der Waals surface area contributed by atoms with Crippen molar-refractivity contribution in [3.05, 3.63) is 45.9 Å². The summed E-state index contributed by atoms with van der Waals surface area (Å²) in [4.78, 5) is 16.7. The van der Waals surface area contributed by atoms with Crippen molar-refractivity contribution in [3.8, 4) is 5.75 Å². The first-order valence-corrected chi connectivity index (χ1v) is 7.14. The number of carbonyl (C=O) groups excluding carboxylic acids is 1. The zero-order valence-corrected chi connectivity index (χ0v) is 12.3. The molecule has 1 aliphatic heterocycles. The molecular formula is C14H15ClN2O2S. The van der Waals surface area contributed by atoms with Crippen molar-refractivity contribution in [3.63, 3.8) is 0 Å². The molecule has 0 spiro atoms. The predicted molar refractivity (Wildman–Crippen MR) is 80.9 cm³/mol. The van der Waals surface area contributed by atoms with Crippen LogP contribution in [-0.2, 0) is 0 Å². The Kier molecular flexibility index (Phi) is 4.75. The van der Waals surface area contributed by atoms with Crippen LogP contribution in [0, 0.1) is 0 Å². The largest absolute Gasteiger partial charge is 0.508 e. The second-order valence-electron chi connectivity index (χ2n) is 4.60. The monoisotopic (exact) mass is 310 g/mol. The van der Waals surface area contributed by atoms with Gasteiger partial charge in [-0.05, 0) is 31.5 Å². The maximum absolute atomic E-state index is 12.2. The Morgan fingerprint density at radius 1 is 1.45 bits per heavy atom. The van der Waals surface area contributed by atoms with Crippen LogP contribution in [-0.4, -0.2) is 22.4 Å². The minimum absolute atomic E-state index is 0. The summed E-state index contributed by atoms with van der Waals surface area (Å²) in [6.07, 6.45) is 2.23. The molecule has 1 fully saturated rings. The molecule has 0 unspecified atom stereocenters. The van der Waals surface area contributed by atoms with Crippen molar-refractivity contribution < 1.29 is 9.90 Å². The standard InChI is InChI=1S/C14H14N2O2S.ClH/c17-10-4-1-3-9(7-10)13(18)12-8-19-14(16-12)11-5-2-6-15-11;/h1,3-4,7-8,11,15,17H,2,5-6H2;1H/t11-;/m0./s1. The number of hydrogen-bond donors (Lipinski definition) is 2. The van der Waals surface area contributed by atoms with Gasteiger partial charge in [-0.2, -0.15) is 0 Å². The zero-order chi connectivity index (χ0) is 13.2. The van der Waals surface area contributed by atoms with Gasteiger partial charge in [-0.1, -0.05) is 12.1 Å². The summed E-state index contributed by atoms with van der Waals surface area (Å²) in [5.74, 6) is -0.0461. The van der Waals surface area contributed by atoms with Crippen molar-refractivity contribution >= 4 is 29.5 Å². The molecule has 0 saturated carbocycles. The van der Waals surface area contributed by atoms with Crippen LogP contribution < -0.4 is 5.32 Å². The number of phenolic OH excluding ortho intramolecular Hbond substituents is 1. The summed E-state index contributed by atoms with van der Waals surface area (Å²) in [7, 11) is 0. The van der Waals surface area contributed by atoms with Crippen LogP contribution in [0.3, 0.4) is 0 Å². The minimum Gasteiger partial charge on any atom is -0.508 e. The second kappa shape index (κ2) is 6.35. The number of nitrogens with zero attached hydrogens (tertiary/aromatic N) is 1. The number of nitrogens with one attached hydrogen (secondary N) is 1. The van der Waals surface area contributed by atoms with Gasteiger partial charge in [0, 0.05) is 10.9 Å². The molecule has 1 aromatic carbocycles. The van der Waals surface area contributed by atoms with Gasteiger partial charge in [0.05, 0.1) is 6.04 Å². The highest BCUT2D eigenvalue weighted by atomic mass is 35.5. The van der Waals surface area contributed by atoms with E-state index in [9.17, 15) is 9.90 Å². The van der Waals surface area contributed by atoms with Crippen molar-refractivity contribution in [1.82, 2.24) is 10.3 Å². The fourth-order valence-electron chi connectivity index (χ4n) is 2.24. The number of hydrogen-bond acceptors (Lipinski definition) is 5. The summed E-state index contributed by atoms with van der Waals surface area (Å²) < 4.78 is 0. The highest BCUT2D eigenvalue weighted by Crippen LogP contribution is 2.26. The van der Waals surface area contributed by atoms with E-state index in [0.29, 0.717) is 11.3 Å². The lowest BCUT2D eigenvalue weighted by Gasteiger charge is -2.04. The van der Waals surface area contributed by atoms with Gasteiger partial charge in [0.2, 0.25) is 5.78 Å². The second-order valence-corrected chi connectivity index (χ2v) is 5.49. The molecule has 0 bridgehead atoms. The summed E-state index contributed by atoms with van der Waals surface area (Å²) in [5, 5.41) is 15.5. The number of ketones is 1. The van der Waals surface area contributed by atoms with E-state index < -0.39 is 0 Å². The summed E-state index contributed by atoms with van der Waals surface area (Å²) in [6.45, 7) is 1.01. The van der Waals surface area contributed by atoms with Gasteiger partial charge in [-0.15, -0.1) is 23.7 Å². The average molecular weight is 311 g/mol. The number of phenols is 1. The van der Waals surface area contributed by atoms with Gasteiger partial charge in [0.15, 0.2) is 0 Å². The molecule has 4 nitrogen and oxygen atoms in total. The first kappa shape index (κ1) is 15.0. The molecule has 1 aromatic heterocycles. The summed E-state index contributed by atoms with van der Waals surface area (Å²) in [6, 6.07) is 6.65. The molecule has 1 saturated heterocycles. The number of benzene rings is 1. The Balaban J connectivity index is 0.00000147. The Labute approximate surface area is 127 Å². The fraction of sp³-hybridized carbons (Fsp3) is 0.286. The van der Waals surface area contributed by atoms with Crippen molar-refractivity contribution in [2.75, 3.05) is 6.54 Å². The van der Waals surface area contributed by atoms with Crippen LogP contribution in [0.1, 0.15) is 39.9 Å². The molecular weight excluding hydrogens is 296 g/mol. The van der Waals surface area contributed by atoms with Crippen LogP contribution in [0.2, 0.25) is 0 Å². The van der Waals surface area contributed by atoms with E-state index in [-0.39, 0.29) is 30.0 Å². The fourth-order valence-corrected chi connectivity index (χ4v) is 3.15. The lowest BCUT2D eigenvalue weighted by atomic mass is 10.1. The molecule has 1 atom stereocenters. The van der Waals surface area contributed by atoms with E-state index in [0.717, 1.165) is 24.4 Å². The van der Waals surface area contributed by atoms with Gasteiger partial charge < -0.3 is 10.4 Å². The quantitative estimate of drug-likeness (QED) is 0.856. The first-order chi connectivity index (χ1) is 9.24. The van der Waals surface area contributed by atoms with E-state index in [4.69, 9.17) is 0 Å². The molecule has 6 heteroatoms. The Bertz CT molecular complexity index is 609. The van der Waals surface area contributed by atoms with Crippen molar-refractivity contribution in [2.24, 2.45) is 0 Å². The highest BCUT2D eigenvalue weighted by Gasteiger charge is 2.21. The lowest BCUT2D eigenvalue weighted by Crippen LogP contribution is -2.13. The number of rotatable bonds is 3. The minimum atomic E-state index is -0.142. The first-order valence-electron chi connectivity index (χ1n) is 6.26.